The number of nitrogens with zero attached hydrogens (tertiary/aromatic N) is 3. The molecule has 2 aromatic carbocycles. The Morgan fingerprint density at radius 1 is 1.15 bits per heavy atom. The molecule has 0 bridgehead atoms. The lowest BCUT2D eigenvalue weighted by molar-refractivity contribution is -0.115. The Kier molecular flexibility index (Phi) is 6.27. The number of anilines is 1. The fraction of sp³-hybridized carbons (Fsp3) is 0.217. The Hall–Kier alpha value is -3.37. The van der Waals surface area contributed by atoms with E-state index in [0.29, 0.717) is 35.0 Å². The summed E-state index contributed by atoms with van der Waals surface area (Å²) in [4.78, 5) is 16.8. The number of fused-ring (bicyclic) bond motifs is 1. The first-order valence-corrected chi connectivity index (χ1v) is 12.1. The van der Waals surface area contributed by atoms with Gasteiger partial charge < -0.3 is 19.2 Å². The summed E-state index contributed by atoms with van der Waals surface area (Å²) in [5.74, 6) is 2.20. The minimum atomic E-state index is -0.445. The predicted octanol–water partition coefficient (Wildman–Crippen LogP) is 4.82. The Bertz CT molecular complexity index is 1260. The van der Waals surface area contributed by atoms with E-state index in [2.05, 4.69) is 20.5 Å². The highest BCUT2D eigenvalue weighted by Crippen LogP contribution is 2.36. The van der Waals surface area contributed by atoms with Crippen molar-refractivity contribution < 1.29 is 18.7 Å². The summed E-state index contributed by atoms with van der Waals surface area (Å²) in [5, 5.41) is 14.2. The lowest BCUT2D eigenvalue weighted by Gasteiger charge is -2.23. The molecule has 168 valence electrons. The van der Waals surface area contributed by atoms with Crippen molar-refractivity contribution in [2.24, 2.45) is 0 Å². The number of rotatable bonds is 7. The molecule has 10 heteroatoms. The minimum absolute atomic E-state index is 0.0924. The number of ether oxygens (including phenoxy) is 2. The second-order valence-corrected chi connectivity index (χ2v) is 9.25. The third kappa shape index (κ3) is 5.35. The first kappa shape index (κ1) is 21.5. The van der Waals surface area contributed by atoms with Gasteiger partial charge in [-0.3, -0.25) is 4.79 Å². The number of thiazole rings is 1. The van der Waals surface area contributed by atoms with Gasteiger partial charge in [-0.1, -0.05) is 41.6 Å². The van der Waals surface area contributed by atoms with Crippen LogP contribution in [-0.2, 0) is 17.0 Å². The van der Waals surface area contributed by atoms with Crippen molar-refractivity contribution in [3.63, 3.8) is 0 Å². The van der Waals surface area contributed by atoms with Crippen molar-refractivity contribution in [1.82, 2.24) is 15.2 Å². The quantitative estimate of drug-likeness (QED) is 0.376. The highest BCUT2D eigenvalue weighted by Gasteiger charge is 2.27. The Labute approximate surface area is 198 Å². The van der Waals surface area contributed by atoms with Crippen molar-refractivity contribution >= 4 is 34.7 Å². The van der Waals surface area contributed by atoms with Crippen molar-refractivity contribution in [1.29, 1.82) is 0 Å². The molecule has 1 amide bonds. The number of aromatic nitrogens is 3. The topological polar surface area (TPSA) is 99.4 Å². The van der Waals surface area contributed by atoms with E-state index in [0.717, 1.165) is 22.0 Å². The van der Waals surface area contributed by atoms with Crippen LogP contribution in [0, 0.1) is 6.92 Å². The molecule has 0 spiro atoms. The van der Waals surface area contributed by atoms with Gasteiger partial charge in [-0.25, -0.2) is 4.98 Å². The molecule has 0 fully saturated rings. The third-order valence-electron chi connectivity index (χ3n) is 4.80. The van der Waals surface area contributed by atoms with E-state index in [-0.39, 0.29) is 12.3 Å². The molecule has 8 nitrogen and oxygen atoms in total. The maximum atomic E-state index is 12.3. The summed E-state index contributed by atoms with van der Waals surface area (Å²) in [5.41, 5.74) is 2.78. The third-order valence-corrected chi connectivity index (χ3v) is 6.55. The van der Waals surface area contributed by atoms with E-state index in [9.17, 15) is 4.79 Å². The van der Waals surface area contributed by atoms with E-state index in [1.165, 1.54) is 23.1 Å². The summed E-state index contributed by atoms with van der Waals surface area (Å²) < 4.78 is 17.4. The molecule has 1 aliphatic heterocycles. The summed E-state index contributed by atoms with van der Waals surface area (Å²) in [7, 11) is 0. The molecular weight excluding hydrogens is 460 g/mol. The van der Waals surface area contributed by atoms with Gasteiger partial charge in [0.15, 0.2) is 11.5 Å². The average molecular weight is 481 g/mol. The van der Waals surface area contributed by atoms with Crippen LogP contribution in [0.1, 0.15) is 28.3 Å². The number of benzene rings is 2. The van der Waals surface area contributed by atoms with Crippen LogP contribution in [0.25, 0.3) is 0 Å². The zero-order valence-electron chi connectivity index (χ0n) is 17.7. The van der Waals surface area contributed by atoms with E-state index in [4.69, 9.17) is 13.9 Å². The van der Waals surface area contributed by atoms with Crippen LogP contribution in [0.5, 0.6) is 11.5 Å². The largest absolute Gasteiger partial charge is 0.485 e. The highest BCUT2D eigenvalue weighted by molar-refractivity contribution is 7.98. The number of carbonyl (C=O) groups excluding carboxylic acids is 1. The van der Waals surface area contributed by atoms with Crippen molar-refractivity contribution in [3.8, 4) is 11.5 Å². The van der Waals surface area contributed by atoms with E-state index in [1.54, 1.807) is 0 Å². The summed E-state index contributed by atoms with van der Waals surface area (Å²) in [6.07, 6.45) is -0.214. The molecule has 33 heavy (non-hydrogen) atoms. The van der Waals surface area contributed by atoms with Gasteiger partial charge in [-0.2, -0.15) is 0 Å². The van der Waals surface area contributed by atoms with Crippen LogP contribution in [0.2, 0.25) is 0 Å². The first-order chi connectivity index (χ1) is 16.1. The Morgan fingerprint density at radius 2 is 1.97 bits per heavy atom. The number of nitrogens with one attached hydrogen (secondary N) is 1. The van der Waals surface area contributed by atoms with Gasteiger partial charge in [0, 0.05) is 16.8 Å². The molecule has 0 saturated heterocycles. The minimum Gasteiger partial charge on any atom is -0.485 e. The summed E-state index contributed by atoms with van der Waals surface area (Å²) in [6.45, 7) is 2.32. The van der Waals surface area contributed by atoms with Gasteiger partial charge in [0.1, 0.15) is 11.6 Å². The van der Waals surface area contributed by atoms with Gasteiger partial charge in [0.2, 0.25) is 12.0 Å². The lowest BCUT2D eigenvalue weighted by Crippen LogP contribution is -2.21. The molecular formula is C23H20N4O4S2. The fourth-order valence-corrected chi connectivity index (χ4v) is 4.72. The second-order valence-electron chi connectivity index (χ2n) is 7.38. The predicted molar refractivity (Wildman–Crippen MR) is 125 cm³/mol. The molecule has 0 radical (unpaired) electrons. The van der Waals surface area contributed by atoms with Crippen LogP contribution in [0.3, 0.4) is 0 Å². The van der Waals surface area contributed by atoms with Crippen LogP contribution < -0.4 is 14.8 Å². The standard InChI is InChI=1S/C23H20N4O4S2/c1-14-6-8-15(9-7-14)24-20(28)10-21-25-16(12-32-21)13-33-23-27-26-22(31-23)19-11-29-17-4-2-3-5-18(17)30-19/h2-9,12,19H,10-11,13H2,1H3,(H,24,28)/t19-/m1/s1. The normalized spacial score (nSPS) is 14.8. The number of hydrogen-bond donors (Lipinski definition) is 1. The fourth-order valence-electron chi connectivity index (χ4n) is 3.16. The van der Waals surface area contributed by atoms with E-state index in [1.807, 2.05) is 60.8 Å². The highest BCUT2D eigenvalue weighted by atomic mass is 32.2. The number of hydrogen-bond acceptors (Lipinski definition) is 9. The van der Waals surface area contributed by atoms with Crippen LogP contribution in [-0.4, -0.2) is 27.7 Å². The van der Waals surface area contributed by atoms with E-state index >= 15 is 0 Å². The first-order valence-electron chi connectivity index (χ1n) is 10.3. The maximum Gasteiger partial charge on any atom is 0.277 e. The van der Waals surface area contributed by atoms with E-state index < -0.39 is 6.10 Å². The van der Waals surface area contributed by atoms with Gasteiger partial charge in [-0.05, 0) is 31.2 Å². The summed E-state index contributed by atoms with van der Waals surface area (Å²) >= 11 is 2.85. The monoisotopic (exact) mass is 480 g/mol. The number of thioether (sulfide) groups is 1. The van der Waals surface area contributed by atoms with Crippen molar-refractivity contribution in [2.45, 2.75) is 30.4 Å². The molecule has 0 saturated carbocycles. The molecule has 4 aromatic rings. The molecule has 1 aliphatic rings. The number of carbonyl (C=O) groups is 1. The smallest absolute Gasteiger partial charge is 0.277 e. The molecule has 0 unspecified atom stereocenters. The average Bonchev–Trinajstić information content (AvgIpc) is 3.48. The SMILES string of the molecule is Cc1ccc(NC(=O)Cc2nc(CSc3nnc([C@H]4COc5ccccc5O4)o3)cs2)cc1. The summed E-state index contributed by atoms with van der Waals surface area (Å²) in [6, 6.07) is 15.2. The van der Waals surface area contributed by atoms with Gasteiger partial charge in [0.05, 0.1) is 12.1 Å². The molecule has 0 aliphatic carbocycles. The molecule has 3 heterocycles. The number of amides is 1. The van der Waals surface area contributed by atoms with Gasteiger partial charge >= 0.3 is 0 Å². The Morgan fingerprint density at radius 3 is 2.82 bits per heavy atom. The number of para-hydroxylation sites is 2. The van der Waals surface area contributed by atoms with Crippen LogP contribution >= 0.6 is 23.1 Å². The molecule has 1 atom stereocenters. The lowest BCUT2D eigenvalue weighted by atomic mass is 10.2. The number of aryl methyl sites for hydroxylation is 1. The Balaban J connectivity index is 1.13. The van der Waals surface area contributed by atoms with Crippen LogP contribution in [0.15, 0.2) is 63.6 Å². The van der Waals surface area contributed by atoms with Gasteiger partial charge in [-0.15, -0.1) is 21.5 Å². The molecule has 1 N–H and O–H groups in total. The van der Waals surface area contributed by atoms with Crippen molar-refractivity contribution in [2.75, 3.05) is 11.9 Å². The van der Waals surface area contributed by atoms with Crippen molar-refractivity contribution in [3.05, 3.63) is 76.1 Å². The maximum absolute atomic E-state index is 12.3. The van der Waals surface area contributed by atoms with Gasteiger partial charge in [0.25, 0.3) is 11.1 Å². The molecule has 2 aromatic heterocycles. The molecule has 5 rings (SSSR count). The zero-order chi connectivity index (χ0) is 22.6. The zero-order valence-corrected chi connectivity index (χ0v) is 19.3. The van der Waals surface area contributed by atoms with Crippen LogP contribution in [0.4, 0.5) is 5.69 Å². The second kappa shape index (κ2) is 9.63.